The first-order chi connectivity index (χ1) is 17.0. The van der Waals surface area contributed by atoms with Gasteiger partial charge in [0.2, 0.25) is 5.95 Å². The zero-order chi connectivity index (χ0) is 26.2. The Bertz CT molecular complexity index is 1420. The number of hydrogen-bond donors (Lipinski definition) is 2. The van der Waals surface area contributed by atoms with Crippen LogP contribution in [0.15, 0.2) is 36.5 Å². The molecular formula is C22H21ClF3N7O3. The first-order valence-corrected chi connectivity index (χ1v) is 10.9. The molecule has 10 nitrogen and oxygen atoms in total. The summed E-state index contributed by atoms with van der Waals surface area (Å²) in [6.07, 6.45) is -3.09. The average molecular weight is 524 g/mol. The third-order valence-electron chi connectivity index (χ3n) is 5.32. The van der Waals surface area contributed by atoms with Gasteiger partial charge in [-0.3, -0.25) is 9.89 Å². The van der Waals surface area contributed by atoms with Crippen molar-refractivity contribution >= 4 is 40.0 Å². The average Bonchev–Trinajstić information content (AvgIpc) is 3.45. The summed E-state index contributed by atoms with van der Waals surface area (Å²) in [4.78, 5) is 21.7. The van der Waals surface area contributed by atoms with E-state index in [0.717, 1.165) is 24.8 Å². The standard InChI is InChI=1S/C22H21ClF3N7O3/c1-11(22(24,25)26)33(12(2)34)36-18-9-13(5-8-17(18)35-4)20-29-21(32(3)31-20)28-16-7-6-15-14(19(16)23)10-27-30-15/h5-11H,1-4H3,(H,27,30)(H,28,29,31). The number of amides is 1. The van der Waals surface area contributed by atoms with Crippen molar-refractivity contribution in [3.8, 4) is 22.9 Å². The van der Waals surface area contributed by atoms with Crippen molar-refractivity contribution in [1.29, 1.82) is 0 Å². The van der Waals surface area contributed by atoms with Gasteiger partial charge in [-0.2, -0.15) is 28.3 Å². The molecule has 1 atom stereocenters. The lowest BCUT2D eigenvalue weighted by Crippen LogP contribution is -2.48. The smallest absolute Gasteiger partial charge is 0.412 e. The topological polar surface area (TPSA) is 110 Å². The fraction of sp³-hybridized carbons (Fsp3) is 0.273. The van der Waals surface area contributed by atoms with Crippen LogP contribution in [0.25, 0.3) is 22.3 Å². The summed E-state index contributed by atoms with van der Waals surface area (Å²) >= 11 is 6.47. The van der Waals surface area contributed by atoms with E-state index in [4.69, 9.17) is 21.2 Å². The second-order valence-electron chi connectivity index (χ2n) is 7.79. The molecular weight excluding hydrogens is 503 g/mol. The highest BCUT2D eigenvalue weighted by Gasteiger charge is 2.43. The molecule has 0 saturated carbocycles. The Morgan fingerprint density at radius 1 is 1.25 bits per heavy atom. The van der Waals surface area contributed by atoms with Gasteiger partial charge in [0.05, 0.1) is 29.5 Å². The molecule has 2 heterocycles. The van der Waals surface area contributed by atoms with E-state index in [1.807, 2.05) is 6.07 Å². The Kier molecular flexibility index (Phi) is 6.67. The summed E-state index contributed by atoms with van der Waals surface area (Å²) in [5, 5.41) is 15.7. The van der Waals surface area contributed by atoms with Crippen LogP contribution in [0.5, 0.6) is 11.5 Å². The van der Waals surface area contributed by atoms with Gasteiger partial charge in [0, 0.05) is 24.9 Å². The van der Waals surface area contributed by atoms with Crippen LogP contribution in [0.3, 0.4) is 0 Å². The number of aromatic amines is 1. The van der Waals surface area contributed by atoms with Crippen LogP contribution in [0.1, 0.15) is 13.8 Å². The molecule has 4 aromatic rings. The summed E-state index contributed by atoms with van der Waals surface area (Å²) in [7, 11) is 2.99. The number of hydrogen-bond acceptors (Lipinski definition) is 7. The van der Waals surface area contributed by atoms with Gasteiger partial charge >= 0.3 is 6.18 Å². The van der Waals surface area contributed by atoms with Crippen molar-refractivity contribution < 1.29 is 27.5 Å². The fourth-order valence-corrected chi connectivity index (χ4v) is 3.62. The highest BCUT2D eigenvalue weighted by Crippen LogP contribution is 2.35. The van der Waals surface area contributed by atoms with Crippen molar-refractivity contribution in [2.75, 3.05) is 12.4 Å². The molecule has 1 amide bonds. The summed E-state index contributed by atoms with van der Waals surface area (Å²) in [6, 6.07) is 5.86. The molecule has 190 valence electrons. The van der Waals surface area contributed by atoms with Gasteiger partial charge in [0.15, 0.2) is 23.4 Å². The molecule has 0 fully saturated rings. The van der Waals surface area contributed by atoms with Crippen molar-refractivity contribution in [2.24, 2.45) is 7.05 Å². The van der Waals surface area contributed by atoms with Crippen molar-refractivity contribution in [1.82, 2.24) is 30.0 Å². The monoisotopic (exact) mass is 523 g/mol. The maximum Gasteiger partial charge on any atom is 0.412 e. The number of H-pyrrole nitrogens is 1. The van der Waals surface area contributed by atoms with Crippen LogP contribution in [0, 0.1) is 0 Å². The number of fused-ring (bicyclic) bond motifs is 1. The number of rotatable bonds is 7. The van der Waals surface area contributed by atoms with E-state index in [-0.39, 0.29) is 22.4 Å². The molecule has 36 heavy (non-hydrogen) atoms. The van der Waals surface area contributed by atoms with Crippen LogP contribution in [0.2, 0.25) is 5.02 Å². The maximum atomic E-state index is 13.3. The second kappa shape index (κ2) is 9.57. The molecule has 0 saturated heterocycles. The van der Waals surface area contributed by atoms with Crippen LogP contribution in [0.4, 0.5) is 24.8 Å². The van der Waals surface area contributed by atoms with E-state index in [2.05, 4.69) is 25.6 Å². The quantitative estimate of drug-likeness (QED) is 0.333. The van der Waals surface area contributed by atoms with E-state index in [0.29, 0.717) is 22.2 Å². The third kappa shape index (κ3) is 4.87. The van der Waals surface area contributed by atoms with Gasteiger partial charge in [0.25, 0.3) is 5.91 Å². The van der Waals surface area contributed by atoms with Crippen molar-refractivity contribution in [3.63, 3.8) is 0 Å². The van der Waals surface area contributed by atoms with Crippen LogP contribution in [-0.4, -0.2) is 55.3 Å². The molecule has 0 bridgehead atoms. The largest absolute Gasteiger partial charge is 0.493 e. The summed E-state index contributed by atoms with van der Waals surface area (Å²) in [6.45, 7) is 1.80. The van der Waals surface area contributed by atoms with Crippen LogP contribution < -0.4 is 14.9 Å². The molecule has 2 aromatic carbocycles. The molecule has 0 aliphatic heterocycles. The van der Waals surface area contributed by atoms with Crippen LogP contribution >= 0.6 is 11.6 Å². The van der Waals surface area contributed by atoms with Gasteiger partial charge in [0.1, 0.15) is 0 Å². The van der Waals surface area contributed by atoms with E-state index in [1.54, 1.807) is 25.4 Å². The number of carbonyl (C=O) groups excluding carboxylic acids is 1. The minimum atomic E-state index is -4.69. The number of halogens is 4. The van der Waals surface area contributed by atoms with E-state index < -0.39 is 18.1 Å². The fourth-order valence-electron chi connectivity index (χ4n) is 3.36. The SMILES string of the molecule is COc1ccc(-c2nc(Nc3ccc4[nH]ncc4c3Cl)n(C)n2)cc1ON(C(C)=O)C(C)C(F)(F)F. The minimum Gasteiger partial charge on any atom is -0.493 e. The number of benzene rings is 2. The van der Waals surface area contributed by atoms with E-state index in [1.165, 1.54) is 23.9 Å². The zero-order valence-electron chi connectivity index (χ0n) is 19.5. The number of nitrogens with one attached hydrogen (secondary N) is 2. The van der Waals surface area contributed by atoms with E-state index >= 15 is 0 Å². The Morgan fingerprint density at radius 2 is 2.00 bits per heavy atom. The normalized spacial score (nSPS) is 12.4. The maximum absolute atomic E-state index is 13.3. The highest BCUT2D eigenvalue weighted by atomic mass is 35.5. The lowest BCUT2D eigenvalue weighted by atomic mass is 10.2. The number of ether oxygens (including phenoxy) is 1. The van der Waals surface area contributed by atoms with Crippen molar-refractivity contribution in [3.05, 3.63) is 41.6 Å². The van der Waals surface area contributed by atoms with Gasteiger partial charge in [-0.25, -0.2) is 4.68 Å². The Hall–Kier alpha value is -4.00. The summed E-state index contributed by atoms with van der Waals surface area (Å²) in [5.74, 6) is -0.331. The molecule has 0 spiro atoms. The number of aryl methyl sites for hydroxylation is 1. The summed E-state index contributed by atoms with van der Waals surface area (Å²) in [5.41, 5.74) is 1.76. The number of carbonyl (C=O) groups is 1. The number of alkyl halides is 3. The molecule has 0 radical (unpaired) electrons. The van der Waals surface area contributed by atoms with Crippen molar-refractivity contribution in [2.45, 2.75) is 26.1 Å². The number of nitrogens with zero attached hydrogens (tertiary/aromatic N) is 5. The Labute approximate surface area is 207 Å². The van der Waals surface area contributed by atoms with Crippen LogP contribution in [-0.2, 0) is 11.8 Å². The second-order valence-corrected chi connectivity index (χ2v) is 8.16. The number of aromatic nitrogens is 5. The molecule has 2 aromatic heterocycles. The molecule has 0 aliphatic rings. The van der Waals surface area contributed by atoms with Gasteiger partial charge in [-0.05, 0) is 37.3 Å². The van der Waals surface area contributed by atoms with Gasteiger partial charge in [-0.1, -0.05) is 11.6 Å². The van der Waals surface area contributed by atoms with E-state index in [9.17, 15) is 18.0 Å². The molecule has 14 heteroatoms. The lowest BCUT2D eigenvalue weighted by molar-refractivity contribution is -0.230. The van der Waals surface area contributed by atoms with Gasteiger partial charge < -0.3 is 14.9 Å². The summed E-state index contributed by atoms with van der Waals surface area (Å²) < 4.78 is 46.5. The number of hydroxylamine groups is 2. The predicted octanol–water partition coefficient (Wildman–Crippen LogP) is 4.86. The first kappa shape index (κ1) is 25.1. The third-order valence-corrected chi connectivity index (χ3v) is 5.73. The predicted molar refractivity (Wildman–Crippen MR) is 126 cm³/mol. The molecule has 1 unspecified atom stereocenters. The first-order valence-electron chi connectivity index (χ1n) is 10.5. The lowest BCUT2D eigenvalue weighted by Gasteiger charge is -2.29. The Morgan fingerprint density at radius 3 is 2.67 bits per heavy atom. The minimum absolute atomic E-state index is 0.114. The molecule has 2 N–H and O–H groups in total. The number of methoxy groups -OCH3 is 1. The highest BCUT2D eigenvalue weighted by molar-refractivity contribution is 6.38. The molecule has 4 rings (SSSR count). The van der Waals surface area contributed by atoms with Gasteiger partial charge in [-0.15, -0.1) is 5.10 Å². The number of anilines is 2. The Balaban J connectivity index is 1.65. The molecule has 0 aliphatic carbocycles. The zero-order valence-corrected chi connectivity index (χ0v) is 20.3.